The molecule has 0 radical (unpaired) electrons. The fourth-order valence-electron chi connectivity index (χ4n) is 1.95. The molecule has 4 N–H and O–H groups in total. The number of hydrogen-bond donors (Lipinski definition) is 3. The van der Waals surface area contributed by atoms with Gasteiger partial charge < -0.3 is 10.7 Å². The smallest absolute Gasteiger partial charge is 0.254 e. The summed E-state index contributed by atoms with van der Waals surface area (Å²) in [5.74, 6) is 5.31. The van der Waals surface area contributed by atoms with Gasteiger partial charge in [-0.1, -0.05) is 18.6 Å². The van der Waals surface area contributed by atoms with Gasteiger partial charge in [0.2, 0.25) is 0 Å². The third kappa shape index (κ3) is 3.15. The molecule has 20 heavy (non-hydrogen) atoms. The Labute approximate surface area is 122 Å². The average molecular weight is 290 g/mol. The van der Waals surface area contributed by atoms with Gasteiger partial charge in [0.25, 0.3) is 5.91 Å². The van der Waals surface area contributed by atoms with Crippen LogP contribution in [0.15, 0.2) is 29.8 Å². The molecule has 2 aromatic rings. The summed E-state index contributed by atoms with van der Waals surface area (Å²) >= 11 is 1.54. The highest BCUT2D eigenvalue weighted by Crippen LogP contribution is 2.21. The molecule has 6 heteroatoms. The molecule has 1 aromatic carbocycles. The molecule has 5 nitrogen and oxygen atoms in total. The van der Waals surface area contributed by atoms with Crippen molar-refractivity contribution >= 4 is 22.9 Å². The van der Waals surface area contributed by atoms with Crippen LogP contribution in [0, 0.1) is 6.92 Å². The molecule has 106 valence electrons. The van der Waals surface area contributed by atoms with E-state index in [9.17, 15) is 4.79 Å². The van der Waals surface area contributed by atoms with Crippen LogP contribution in [0.4, 0.5) is 5.69 Å². The van der Waals surface area contributed by atoms with Gasteiger partial charge in [-0.25, -0.2) is 4.98 Å². The highest BCUT2D eigenvalue weighted by Gasteiger charge is 2.18. The lowest BCUT2D eigenvalue weighted by Crippen LogP contribution is -2.29. The van der Waals surface area contributed by atoms with Crippen molar-refractivity contribution in [3.8, 4) is 0 Å². The van der Waals surface area contributed by atoms with Crippen LogP contribution in [-0.2, 0) is 0 Å². The molecule has 1 heterocycles. The normalized spacial score (nSPS) is 11.9. The van der Waals surface area contributed by atoms with Gasteiger partial charge in [-0.05, 0) is 25.5 Å². The van der Waals surface area contributed by atoms with Gasteiger partial charge in [-0.2, -0.15) is 0 Å². The monoisotopic (exact) mass is 290 g/mol. The van der Waals surface area contributed by atoms with Crippen molar-refractivity contribution in [1.29, 1.82) is 0 Å². The third-order valence-electron chi connectivity index (χ3n) is 3.04. The topological polar surface area (TPSA) is 80.0 Å². The van der Waals surface area contributed by atoms with E-state index in [0.29, 0.717) is 11.3 Å². The maximum absolute atomic E-state index is 12.4. The summed E-state index contributed by atoms with van der Waals surface area (Å²) in [5, 5.41) is 5.82. The minimum absolute atomic E-state index is 0.0753. The van der Waals surface area contributed by atoms with E-state index in [0.717, 1.165) is 17.0 Å². The summed E-state index contributed by atoms with van der Waals surface area (Å²) in [4.78, 5) is 16.7. The number of rotatable bonds is 5. The zero-order valence-corrected chi connectivity index (χ0v) is 12.3. The number of amides is 1. The average Bonchev–Trinajstić information content (AvgIpc) is 2.98. The summed E-state index contributed by atoms with van der Waals surface area (Å²) in [5.41, 5.74) is 4.72. The maximum Gasteiger partial charge on any atom is 0.254 e. The summed E-state index contributed by atoms with van der Waals surface area (Å²) in [6, 6.07) is 5.45. The third-order valence-corrected chi connectivity index (χ3v) is 3.93. The molecule has 2 rings (SSSR count). The van der Waals surface area contributed by atoms with E-state index < -0.39 is 0 Å². The van der Waals surface area contributed by atoms with Crippen molar-refractivity contribution in [1.82, 2.24) is 10.3 Å². The first-order valence-electron chi connectivity index (χ1n) is 6.43. The molecule has 0 saturated carbocycles. The number of aromatic nitrogens is 1. The van der Waals surface area contributed by atoms with Crippen LogP contribution in [0.25, 0.3) is 0 Å². The lowest BCUT2D eigenvalue weighted by molar-refractivity contribution is 0.0936. The zero-order valence-electron chi connectivity index (χ0n) is 11.5. The molecule has 1 amide bonds. The summed E-state index contributed by atoms with van der Waals surface area (Å²) < 4.78 is 0. The molecule has 0 spiro atoms. The molecule has 0 fully saturated rings. The summed E-state index contributed by atoms with van der Waals surface area (Å²) in [6.45, 7) is 3.96. The van der Waals surface area contributed by atoms with Gasteiger partial charge in [0.1, 0.15) is 5.01 Å². The van der Waals surface area contributed by atoms with Crippen molar-refractivity contribution in [2.75, 3.05) is 5.43 Å². The molecule has 0 bridgehead atoms. The Morgan fingerprint density at radius 2 is 2.30 bits per heavy atom. The van der Waals surface area contributed by atoms with E-state index in [1.54, 1.807) is 12.3 Å². The highest BCUT2D eigenvalue weighted by atomic mass is 32.1. The Kier molecular flexibility index (Phi) is 4.70. The van der Waals surface area contributed by atoms with Crippen molar-refractivity contribution in [2.45, 2.75) is 26.3 Å². The number of aryl methyl sites for hydroxylation is 1. The first-order valence-corrected chi connectivity index (χ1v) is 7.31. The SMILES string of the molecule is CCC(NC(=O)c1cc(C)ccc1NN)c1nccs1. The van der Waals surface area contributed by atoms with Gasteiger partial charge in [0.15, 0.2) is 0 Å². The number of hydrogen-bond acceptors (Lipinski definition) is 5. The quantitative estimate of drug-likeness (QED) is 0.584. The number of hydrazine groups is 1. The van der Waals surface area contributed by atoms with Gasteiger partial charge in [-0.3, -0.25) is 10.6 Å². The van der Waals surface area contributed by atoms with E-state index in [1.807, 2.05) is 31.4 Å². The Morgan fingerprint density at radius 3 is 2.90 bits per heavy atom. The molecule has 1 aromatic heterocycles. The highest BCUT2D eigenvalue weighted by molar-refractivity contribution is 7.09. The number of anilines is 1. The Hall–Kier alpha value is -1.92. The Morgan fingerprint density at radius 1 is 1.50 bits per heavy atom. The first-order chi connectivity index (χ1) is 9.65. The molecule has 0 aliphatic heterocycles. The van der Waals surface area contributed by atoms with Crippen molar-refractivity contribution in [3.05, 3.63) is 45.9 Å². The Balaban J connectivity index is 2.21. The number of benzene rings is 1. The van der Waals surface area contributed by atoms with Gasteiger partial charge in [0.05, 0.1) is 17.3 Å². The van der Waals surface area contributed by atoms with Crippen molar-refractivity contribution in [2.24, 2.45) is 5.84 Å². The number of thiazole rings is 1. The second-order valence-electron chi connectivity index (χ2n) is 4.50. The zero-order chi connectivity index (χ0) is 14.5. The number of nitrogens with zero attached hydrogens (tertiary/aromatic N) is 1. The van der Waals surface area contributed by atoms with E-state index in [1.165, 1.54) is 11.3 Å². The van der Waals surface area contributed by atoms with Gasteiger partial charge >= 0.3 is 0 Å². The van der Waals surface area contributed by atoms with Crippen molar-refractivity contribution < 1.29 is 4.79 Å². The summed E-state index contributed by atoms with van der Waals surface area (Å²) in [7, 11) is 0. The number of nitrogen functional groups attached to an aromatic ring is 1. The van der Waals surface area contributed by atoms with Crippen LogP contribution in [0.2, 0.25) is 0 Å². The second kappa shape index (κ2) is 6.49. The molecule has 0 saturated heterocycles. The number of nitrogens with two attached hydrogens (primary N) is 1. The standard InChI is InChI=1S/C14H18N4OS/c1-3-11(14-16-6-7-20-14)17-13(19)10-8-9(2)4-5-12(10)18-15/h4-8,11,18H,3,15H2,1-2H3,(H,17,19). The lowest BCUT2D eigenvalue weighted by atomic mass is 10.1. The van der Waals surface area contributed by atoms with Gasteiger partial charge in [0, 0.05) is 11.6 Å². The Bertz CT molecular complexity index is 583. The minimum atomic E-state index is -0.149. The summed E-state index contributed by atoms with van der Waals surface area (Å²) in [6.07, 6.45) is 2.53. The van der Waals surface area contributed by atoms with Crippen molar-refractivity contribution in [3.63, 3.8) is 0 Å². The van der Waals surface area contributed by atoms with E-state index in [4.69, 9.17) is 5.84 Å². The van der Waals surface area contributed by atoms with Crippen LogP contribution < -0.4 is 16.6 Å². The van der Waals surface area contributed by atoms with Crippen LogP contribution >= 0.6 is 11.3 Å². The second-order valence-corrected chi connectivity index (χ2v) is 5.42. The first kappa shape index (κ1) is 14.5. The van der Waals surface area contributed by atoms with Crippen LogP contribution in [0.1, 0.15) is 40.3 Å². The van der Waals surface area contributed by atoms with Crippen LogP contribution in [0.3, 0.4) is 0 Å². The lowest BCUT2D eigenvalue weighted by Gasteiger charge is -2.16. The molecule has 1 atom stereocenters. The predicted octanol–water partition coefficient (Wildman–Crippen LogP) is 2.62. The van der Waals surface area contributed by atoms with Gasteiger partial charge in [-0.15, -0.1) is 11.3 Å². The number of carbonyl (C=O) groups excluding carboxylic acids is 1. The predicted molar refractivity (Wildman–Crippen MR) is 81.6 cm³/mol. The van der Waals surface area contributed by atoms with Crippen LogP contribution in [-0.4, -0.2) is 10.9 Å². The molecule has 0 aliphatic carbocycles. The number of carbonyl (C=O) groups is 1. The fraction of sp³-hybridized carbons (Fsp3) is 0.286. The molecule has 0 aliphatic rings. The van der Waals surface area contributed by atoms with E-state index in [-0.39, 0.29) is 11.9 Å². The van der Waals surface area contributed by atoms with Crippen LogP contribution in [0.5, 0.6) is 0 Å². The molecule has 1 unspecified atom stereocenters. The molecular formula is C14H18N4OS. The minimum Gasteiger partial charge on any atom is -0.343 e. The largest absolute Gasteiger partial charge is 0.343 e. The number of nitrogens with one attached hydrogen (secondary N) is 2. The van der Waals surface area contributed by atoms with E-state index >= 15 is 0 Å². The maximum atomic E-state index is 12.4. The fourth-order valence-corrected chi connectivity index (χ4v) is 2.73. The van der Waals surface area contributed by atoms with E-state index in [2.05, 4.69) is 15.7 Å². The molecular weight excluding hydrogens is 272 g/mol.